The summed E-state index contributed by atoms with van der Waals surface area (Å²) in [7, 11) is 0. The van der Waals surface area contributed by atoms with Crippen LogP contribution >= 0.6 is 0 Å². The minimum absolute atomic E-state index is 0.0277. The quantitative estimate of drug-likeness (QED) is 0.797. The van der Waals surface area contributed by atoms with E-state index >= 15 is 0 Å². The summed E-state index contributed by atoms with van der Waals surface area (Å²) in [6, 6.07) is 8.93. The number of rotatable bonds is 6. The maximum absolute atomic E-state index is 12.3. The molecule has 1 aliphatic rings. The fourth-order valence-corrected chi connectivity index (χ4v) is 3.34. The van der Waals surface area contributed by atoms with Gasteiger partial charge in [0.15, 0.2) is 0 Å². The van der Waals surface area contributed by atoms with Gasteiger partial charge in [0.2, 0.25) is 5.91 Å². The molecule has 6 heteroatoms. The molecule has 0 aliphatic carbocycles. The number of hydrogen-bond donors (Lipinski definition) is 2. The number of hydrogen-bond acceptors (Lipinski definition) is 4. The van der Waals surface area contributed by atoms with Crippen molar-refractivity contribution >= 4 is 12.0 Å². The van der Waals surface area contributed by atoms with Crippen LogP contribution in [-0.4, -0.2) is 46.2 Å². The second kappa shape index (κ2) is 9.22. The second-order valence-corrected chi connectivity index (χ2v) is 8.22. The zero-order chi connectivity index (χ0) is 20.0. The highest BCUT2D eigenvalue weighted by atomic mass is 16.6. The van der Waals surface area contributed by atoms with Gasteiger partial charge < -0.3 is 20.1 Å². The van der Waals surface area contributed by atoms with Crippen LogP contribution in [0.3, 0.4) is 0 Å². The van der Waals surface area contributed by atoms with Gasteiger partial charge in [-0.3, -0.25) is 4.79 Å². The van der Waals surface area contributed by atoms with Crippen molar-refractivity contribution in [2.45, 2.75) is 77.2 Å². The third-order valence-corrected chi connectivity index (χ3v) is 4.71. The molecular formula is C21H32N2O4. The van der Waals surface area contributed by atoms with E-state index in [1.54, 1.807) is 11.8 Å². The van der Waals surface area contributed by atoms with Crippen LogP contribution in [-0.2, 0) is 9.53 Å². The monoisotopic (exact) mass is 376 g/mol. The standard InChI is InChI=1S/C21H32N2O4/c1-15(19(25)16-9-6-5-7-10-16)22-18(24)13-12-17-11-8-14-23(17)20(26)27-21(2,3)4/h5-7,9-10,15,17,19,25H,8,11-14H2,1-4H3,(H,22,24). The number of nitrogens with one attached hydrogen (secondary N) is 1. The van der Waals surface area contributed by atoms with E-state index in [-0.39, 0.29) is 24.1 Å². The first kappa shape index (κ1) is 21.2. The summed E-state index contributed by atoms with van der Waals surface area (Å²) in [5, 5.41) is 13.2. The van der Waals surface area contributed by atoms with E-state index in [0.717, 1.165) is 18.4 Å². The van der Waals surface area contributed by atoms with Crippen molar-refractivity contribution in [2.24, 2.45) is 0 Å². The SMILES string of the molecule is CC(NC(=O)CCC1CCCN1C(=O)OC(C)(C)C)C(O)c1ccccc1. The van der Waals surface area contributed by atoms with E-state index in [1.807, 2.05) is 51.1 Å². The summed E-state index contributed by atoms with van der Waals surface area (Å²) in [6.45, 7) is 8.01. The number of ether oxygens (including phenoxy) is 1. The summed E-state index contributed by atoms with van der Waals surface area (Å²) in [6.07, 6.45) is 1.66. The fourth-order valence-electron chi connectivity index (χ4n) is 3.34. The molecule has 0 bridgehead atoms. The molecule has 6 nitrogen and oxygen atoms in total. The molecule has 3 unspecified atom stereocenters. The molecule has 2 rings (SSSR count). The van der Waals surface area contributed by atoms with E-state index in [4.69, 9.17) is 4.74 Å². The summed E-state index contributed by atoms with van der Waals surface area (Å²) in [5.74, 6) is -0.117. The Balaban J connectivity index is 1.81. The normalized spacial score (nSPS) is 19.4. The molecule has 1 heterocycles. The lowest BCUT2D eigenvalue weighted by Crippen LogP contribution is -2.41. The van der Waals surface area contributed by atoms with Crippen molar-refractivity contribution in [2.75, 3.05) is 6.54 Å². The Morgan fingerprint density at radius 3 is 2.59 bits per heavy atom. The zero-order valence-electron chi connectivity index (χ0n) is 16.8. The molecule has 3 atom stereocenters. The highest BCUT2D eigenvalue weighted by molar-refractivity contribution is 5.76. The summed E-state index contributed by atoms with van der Waals surface area (Å²) in [5.41, 5.74) is 0.252. The van der Waals surface area contributed by atoms with Crippen molar-refractivity contribution in [1.82, 2.24) is 10.2 Å². The van der Waals surface area contributed by atoms with Gasteiger partial charge in [-0.25, -0.2) is 4.79 Å². The van der Waals surface area contributed by atoms with Crippen LogP contribution in [0.15, 0.2) is 30.3 Å². The predicted octanol–water partition coefficient (Wildman–Crippen LogP) is 3.40. The number of aliphatic hydroxyl groups is 1. The Kier molecular flexibility index (Phi) is 7.25. The number of aliphatic hydroxyl groups excluding tert-OH is 1. The predicted molar refractivity (Wildman–Crippen MR) is 104 cm³/mol. The second-order valence-electron chi connectivity index (χ2n) is 8.22. The summed E-state index contributed by atoms with van der Waals surface area (Å²) < 4.78 is 5.46. The molecule has 1 saturated heterocycles. The van der Waals surface area contributed by atoms with Crippen LogP contribution in [0.25, 0.3) is 0 Å². The minimum Gasteiger partial charge on any atom is -0.444 e. The van der Waals surface area contributed by atoms with Crippen LogP contribution < -0.4 is 5.32 Å². The fraction of sp³-hybridized carbons (Fsp3) is 0.619. The van der Waals surface area contributed by atoms with Gasteiger partial charge in [-0.15, -0.1) is 0 Å². The van der Waals surface area contributed by atoms with E-state index in [2.05, 4.69) is 5.32 Å². The largest absolute Gasteiger partial charge is 0.444 e. The maximum Gasteiger partial charge on any atom is 0.410 e. The van der Waals surface area contributed by atoms with Gasteiger partial charge in [-0.1, -0.05) is 30.3 Å². The molecule has 0 aromatic heterocycles. The van der Waals surface area contributed by atoms with Gasteiger partial charge in [-0.05, 0) is 52.5 Å². The highest BCUT2D eigenvalue weighted by Gasteiger charge is 2.32. The van der Waals surface area contributed by atoms with Crippen LogP contribution in [0.4, 0.5) is 4.79 Å². The number of benzene rings is 1. The van der Waals surface area contributed by atoms with E-state index < -0.39 is 11.7 Å². The van der Waals surface area contributed by atoms with Crippen molar-refractivity contribution in [3.8, 4) is 0 Å². The molecule has 2 N–H and O–H groups in total. The molecule has 1 aromatic rings. The number of carbonyl (C=O) groups is 2. The molecular weight excluding hydrogens is 344 g/mol. The van der Waals surface area contributed by atoms with Crippen LogP contribution in [0, 0.1) is 0 Å². The lowest BCUT2D eigenvalue weighted by atomic mass is 10.0. The topological polar surface area (TPSA) is 78.9 Å². The average Bonchev–Trinajstić information content (AvgIpc) is 3.07. The van der Waals surface area contributed by atoms with Crippen LogP contribution in [0.5, 0.6) is 0 Å². The van der Waals surface area contributed by atoms with Gasteiger partial charge in [0.25, 0.3) is 0 Å². The average molecular weight is 376 g/mol. The Bertz CT molecular complexity index is 627. The summed E-state index contributed by atoms with van der Waals surface area (Å²) in [4.78, 5) is 26.3. The Hall–Kier alpha value is -2.08. The zero-order valence-corrected chi connectivity index (χ0v) is 16.8. The van der Waals surface area contributed by atoms with Crippen molar-refractivity contribution in [3.63, 3.8) is 0 Å². The molecule has 2 amide bonds. The lowest BCUT2D eigenvalue weighted by molar-refractivity contribution is -0.122. The smallest absolute Gasteiger partial charge is 0.410 e. The maximum atomic E-state index is 12.3. The van der Waals surface area contributed by atoms with Crippen LogP contribution in [0.2, 0.25) is 0 Å². The lowest BCUT2D eigenvalue weighted by Gasteiger charge is -2.28. The number of carbonyl (C=O) groups excluding carboxylic acids is 2. The number of likely N-dealkylation sites (tertiary alicyclic amines) is 1. The molecule has 27 heavy (non-hydrogen) atoms. The van der Waals surface area contributed by atoms with E-state index in [9.17, 15) is 14.7 Å². The molecule has 1 aliphatic heterocycles. The first-order valence-electron chi connectivity index (χ1n) is 9.69. The molecule has 0 spiro atoms. The first-order valence-corrected chi connectivity index (χ1v) is 9.69. The minimum atomic E-state index is -0.750. The number of nitrogens with zero attached hydrogens (tertiary/aromatic N) is 1. The Morgan fingerprint density at radius 1 is 1.30 bits per heavy atom. The summed E-state index contributed by atoms with van der Waals surface area (Å²) >= 11 is 0. The number of amides is 2. The van der Waals surface area contributed by atoms with E-state index in [0.29, 0.717) is 19.4 Å². The van der Waals surface area contributed by atoms with Gasteiger partial charge in [-0.2, -0.15) is 0 Å². The van der Waals surface area contributed by atoms with Crippen molar-refractivity contribution < 1.29 is 19.4 Å². The van der Waals surface area contributed by atoms with Crippen molar-refractivity contribution in [3.05, 3.63) is 35.9 Å². The third-order valence-electron chi connectivity index (χ3n) is 4.71. The molecule has 1 fully saturated rings. The van der Waals surface area contributed by atoms with Gasteiger partial charge in [0.1, 0.15) is 5.60 Å². The highest BCUT2D eigenvalue weighted by Crippen LogP contribution is 2.24. The van der Waals surface area contributed by atoms with E-state index in [1.165, 1.54) is 0 Å². The molecule has 0 saturated carbocycles. The van der Waals surface area contributed by atoms with Gasteiger partial charge in [0, 0.05) is 19.0 Å². The molecule has 150 valence electrons. The third kappa shape index (κ3) is 6.54. The molecule has 0 radical (unpaired) electrons. The molecule has 1 aromatic carbocycles. The van der Waals surface area contributed by atoms with Crippen LogP contribution in [0.1, 0.15) is 65.0 Å². The van der Waals surface area contributed by atoms with Gasteiger partial charge >= 0.3 is 6.09 Å². The Labute approximate surface area is 161 Å². The van der Waals surface area contributed by atoms with Gasteiger partial charge in [0.05, 0.1) is 12.1 Å². The van der Waals surface area contributed by atoms with Crippen molar-refractivity contribution in [1.29, 1.82) is 0 Å². The Morgan fingerprint density at radius 2 is 1.96 bits per heavy atom. The first-order chi connectivity index (χ1) is 12.7.